The van der Waals surface area contributed by atoms with E-state index in [1.807, 2.05) is 30.3 Å². The summed E-state index contributed by atoms with van der Waals surface area (Å²) in [5, 5.41) is 13.5. The quantitative estimate of drug-likeness (QED) is 0.846. The number of hydrogen-bond acceptors (Lipinski definition) is 3. The lowest BCUT2D eigenvalue weighted by atomic mass is 9.74. The zero-order valence-electron chi connectivity index (χ0n) is 14.5. The van der Waals surface area contributed by atoms with Crippen LogP contribution >= 0.6 is 11.6 Å². The van der Waals surface area contributed by atoms with Gasteiger partial charge in [-0.25, -0.2) is 0 Å². The van der Waals surface area contributed by atoms with Gasteiger partial charge in [0.1, 0.15) is 5.75 Å². The summed E-state index contributed by atoms with van der Waals surface area (Å²) in [7, 11) is 0. The second kappa shape index (κ2) is 7.29. The van der Waals surface area contributed by atoms with Gasteiger partial charge in [-0.3, -0.25) is 4.79 Å². The average molecular weight is 372 g/mol. The number of aliphatic hydroxyl groups excluding tert-OH is 1. The molecule has 0 bridgehead atoms. The number of carbonyl (C=O) groups excluding carboxylic acids is 1. The van der Waals surface area contributed by atoms with Crippen molar-refractivity contribution in [1.29, 1.82) is 0 Å². The highest BCUT2D eigenvalue weighted by Crippen LogP contribution is 2.39. The van der Waals surface area contributed by atoms with E-state index in [0.717, 1.165) is 23.3 Å². The van der Waals surface area contributed by atoms with E-state index in [0.29, 0.717) is 24.5 Å². The Kier molecular flexibility index (Phi) is 4.88. The number of aliphatic hydroxyl groups is 1. The molecule has 1 aliphatic heterocycles. The highest BCUT2D eigenvalue weighted by atomic mass is 35.5. The fourth-order valence-corrected chi connectivity index (χ4v) is 4.02. The van der Waals surface area contributed by atoms with Crippen molar-refractivity contribution in [3.8, 4) is 5.75 Å². The van der Waals surface area contributed by atoms with Crippen molar-refractivity contribution in [3.63, 3.8) is 0 Å². The van der Waals surface area contributed by atoms with Crippen LogP contribution in [0.15, 0.2) is 42.5 Å². The summed E-state index contributed by atoms with van der Waals surface area (Å²) in [6.07, 6.45) is 2.31. The summed E-state index contributed by atoms with van der Waals surface area (Å²) in [4.78, 5) is 12.7. The molecule has 1 atom stereocenters. The van der Waals surface area contributed by atoms with Crippen LogP contribution in [0, 0.1) is 5.92 Å². The first kappa shape index (κ1) is 17.4. The van der Waals surface area contributed by atoms with E-state index in [2.05, 4.69) is 11.4 Å². The second-order valence-electron chi connectivity index (χ2n) is 7.16. The molecule has 4 rings (SSSR count). The van der Waals surface area contributed by atoms with Crippen molar-refractivity contribution in [3.05, 3.63) is 64.2 Å². The van der Waals surface area contributed by atoms with Gasteiger partial charge in [0, 0.05) is 11.4 Å². The lowest BCUT2D eigenvalue weighted by Crippen LogP contribution is -2.41. The number of nitrogens with one attached hydrogen (secondary N) is 1. The van der Waals surface area contributed by atoms with Crippen molar-refractivity contribution < 1.29 is 14.6 Å². The minimum absolute atomic E-state index is 0.0544. The summed E-state index contributed by atoms with van der Waals surface area (Å²) < 4.78 is 5.58. The van der Waals surface area contributed by atoms with E-state index < -0.39 is 0 Å². The van der Waals surface area contributed by atoms with Crippen molar-refractivity contribution in [2.75, 3.05) is 6.61 Å². The molecular weight excluding hydrogens is 350 g/mol. The predicted molar refractivity (Wildman–Crippen MR) is 100 cm³/mol. The highest BCUT2D eigenvalue weighted by Gasteiger charge is 2.36. The maximum absolute atomic E-state index is 12.7. The molecule has 2 aliphatic rings. The Bertz CT molecular complexity index is 817. The third kappa shape index (κ3) is 3.57. The minimum Gasteiger partial charge on any atom is -0.493 e. The molecule has 136 valence electrons. The summed E-state index contributed by atoms with van der Waals surface area (Å²) in [5.74, 6) is 1.13. The van der Waals surface area contributed by atoms with Gasteiger partial charge in [-0.05, 0) is 53.6 Å². The maximum atomic E-state index is 12.7. The Morgan fingerprint density at radius 1 is 1.27 bits per heavy atom. The Labute approximate surface area is 158 Å². The second-order valence-corrected chi connectivity index (χ2v) is 7.57. The molecule has 1 fully saturated rings. The van der Waals surface area contributed by atoms with E-state index in [9.17, 15) is 9.90 Å². The van der Waals surface area contributed by atoms with Gasteiger partial charge in [-0.15, -0.1) is 0 Å². The van der Waals surface area contributed by atoms with E-state index in [1.165, 1.54) is 5.56 Å². The fourth-order valence-electron chi connectivity index (χ4n) is 3.81. The Morgan fingerprint density at radius 3 is 2.85 bits per heavy atom. The number of amides is 1. The normalized spacial score (nSPS) is 22.1. The van der Waals surface area contributed by atoms with E-state index in [-0.39, 0.29) is 30.4 Å². The van der Waals surface area contributed by atoms with Gasteiger partial charge in [0.05, 0.1) is 25.2 Å². The van der Waals surface area contributed by atoms with Crippen molar-refractivity contribution in [2.45, 2.75) is 37.8 Å². The number of carbonyl (C=O) groups is 1. The summed E-state index contributed by atoms with van der Waals surface area (Å²) in [6.45, 7) is 0.713. The molecule has 26 heavy (non-hydrogen) atoms. The molecule has 2 aromatic carbocycles. The summed E-state index contributed by atoms with van der Waals surface area (Å²) in [6, 6.07) is 13.5. The topological polar surface area (TPSA) is 58.6 Å². The summed E-state index contributed by atoms with van der Waals surface area (Å²) in [5.41, 5.74) is 3.09. The SMILES string of the molecule is O=C(Cc1ccccc1Cl)N[C@H](c1ccc2c(c1)CCO2)C1CC(O)C1. The molecule has 0 aromatic heterocycles. The number of halogens is 1. The molecule has 0 spiro atoms. The third-order valence-corrected chi connectivity index (χ3v) is 5.69. The molecular formula is C21H22ClNO3. The van der Waals surface area contributed by atoms with Crippen LogP contribution in [-0.2, 0) is 17.6 Å². The van der Waals surface area contributed by atoms with Gasteiger partial charge in [0.25, 0.3) is 0 Å². The molecule has 1 amide bonds. The number of rotatable bonds is 5. The third-order valence-electron chi connectivity index (χ3n) is 5.32. The van der Waals surface area contributed by atoms with Crippen LogP contribution < -0.4 is 10.1 Å². The standard InChI is InChI=1S/C21H22ClNO3/c22-18-4-2-1-3-13(18)12-20(25)23-21(16-10-17(24)11-16)15-5-6-19-14(9-15)7-8-26-19/h1-6,9,16-17,21,24H,7-8,10-12H2,(H,23,25)/t16?,17?,21-/m1/s1. The number of fused-ring (bicyclic) bond motifs is 1. The van der Waals surface area contributed by atoms with Crippen LogP contribution in [0.3, 0.4) is 0 Å². The van der Waals surface area contributed by atoms with Gasteiger partial charge in [0.15, 0.2) is 0 Å². The zero-order chi connectivity index (χ0) is 18.1. The van der Waals surface area contributed by atoms with E-state index in [1.54, 1.807) is 6.07 Å². The monoisotopic (exact) mass is 371 g/mol. The van der Waals surface area contributed by atoms with Crippen molar-refractivity contribution in [2.24, 2.45) is 5.92 Å². The zero-order valence-corrected chi connectivity index (χ0v) is 15.2. The lowest BCUT2D eigenvalue weighted by Gasteiger charge is -2.38. The van der Waals surface area contributed by atoms with Crippen LogP contribution in [0.25, 0.3) is 0 Å². The van der Waals surface area contributed by atoms with Crippen LogP contribution in [0.1, 0.15) is 35.6 Å². The van der Waals surface area contributed by atoms with Gasteiger partial charge < -0.3 is 15.2 Å². The summed E-state index contributed by atoms with van der Waals surface area (Å²) >= 11 is 6.18. The molecule has 1 aliphatic carbocycles. The number of hydrogen-bond donors (Lipinski definition) is 2. The van der Waals surface area contributed by atoms with Crippen molar-refractivity contribution >= 4 is 17.5 Å². The van der Waals surface area contributed by atoms with Gasteiger partial charge >= 0.3 is 0 Å². The molecule has 1 saturated carbocycles. The minimum atomic E-state index is -0.263. The molecule has 1 heterocycles. The average Bonchev–Trinajstić information content (AvgIpc) is 3.07. The van der Waals surface area contributed by atoms with Crippen LogP contribution in [0.2, 0.25) is 5.02 Å². The molecule has 2 N–H and O–H groups in total. The first-order valence-electron chi connectivity index (χ1n) is 9.06. The van der Waals surface area contributed by atoms with E-state index in [4.69, 9.17) is 16.3 Å². The Morgan fingerprint density at radius 2 is 2.08 bits per heavy atom. The van der Waals surface area contributed by atoms with Gasteiger partial charge in [-0.1, -0.05) is 35.9 Å². The molecule has 4 nitrogen and oxygen atoms in total. The maximum Gasteiger partial charge on any atom is 0.224 e. The highest BCUT2D eigenvalue weighted by molar-refractivity contribution is 6.31. The molecule has 2 aromatic rings. The molecule has 5 heteroatoms. The van der Waals surface area contributed by atoms with Crippen molar-refractivity contribution in [1.82, 2.24) is 5.32 Å². The van der Waals surface area contributed by atoms with Gasteiger partial charge in [-0.2, -0.15) is 0 Å². The predicted octanol–water partition coefficient (Wildman–Crippen LogP) is 3.45. The Hall–Kier alpha value is -2.04. The van der Waals surface area contributed by atoms with Gasteiger partial charge in [0.2, 0.25) is 5.91 Å². The molecule has 0 unspecified atom stereocenters. The van der Waals surface area contributed by atoms with Crippen LogP contribution in [0.5, 0.6) is 5.75 Å². The largest absolute Gasteiger partial charge is 0.493 e. The fraction of sp³-hybridized carbons (Fsp3) is 0.381. The molecule has 0 radical (unpaired) electrons. The number of ether oxygens (including phenoxy) is 1. The lowest BCUT2D eigenvalue weighted by molar-refractivity contribution is -0.122. The van der Waals surface area contributed by atoms with E-state index >= 15 is 0 Å². The first-order valence-corrected chi connectivity index (χ1v) is 9.44. The molecule has 0 saturated heterocycles. The first-order chi connectivity index (χ1) is 12.6. The van der Waals surface area contributed by atoms with Crippen LogP contribution in [0.4, 0.5) is 0 Å². The number of benzene rings is 2. The Balaban J connectivity index is 1.52. The smallest absolute Gasteiger partial charge is 0.224 e. The van der Waals surface area contributed by atoms with Crippen LogP contribution in [-0.4, -0.2) is 23.7 Å².